The van der Waals surface area contributed by atoms with Crippen molar-refractivity contribution >= 4 is 11.9 Å². The SMILES string of the molecule is O=C(O)CCC(=O)N1CCC2CCCC=C2C1. The van der Waals surface area contributed by atoms with Gasteiger partial charge in [0.25, 0.3) is 0 Å². The van der Waals surface area contributed by atoms with Gasteiger partial charge in [0.1, 0.15) is 0 Å². The van der Waals surface area contributed by atoms with Gasteiger partial charge < -0.3 is 10.0 Å². The van der Waals surface area contributed by atoms with E-state index in [1.165, 1.54) is 18.4 Å². The Kier molecular flexibility index (Phi) is 3.82. The number of nitrogens with zero attached hydrogens (tertiary/aromatic N) is 1. The lowest BCUT2D eigenvalue weighted by Gasteiger charge is -2.36. The molecular weight excluding hydrogens is 218 g/mol. The number of hydrogen-bond donors (Lipinski definition) is 1. The van der Waals surface area contributed by atoms with E-state index in [1.807, 2.05) is 4.90 Å². The van der Waals surface area contributed by atoms with Crippen LogP contribution in [0.25, 0.3) is 0 Å². The molecule has 0 aromatic heterocycles. The van der Waals surface area contributed by atoms with Crippen LogP contribution in [-0.4, -0.2) is 35.0 Å². The molecule has 2 rings (SSSR count). The first-order valence-electron chi connectivity index (χ1n) is 6.35. The molecular formula is C13H19NO3. The average Bonchev–Trinajstić information content (AvgIpc) is 2.35. The number of carbonyl (C=O) groups excluding carboxylic acids is 1. The molecule has 1 amide bonds. The number of carboxylic acid groups (broad SMARTS) is 1. The van der Waals surface area contributed by atoms with Crippen LogP contribution >= 0.6 is 0 Å². The van der Waals surface area contributed by atoms with Gasteiger partial charge in [0.15, 0.2) is 0 Å². The molecule has 1 heterocycles. The van der Waals surface area contributed by atoms with Gasteiger partial charge in [-0.2, -0.15) is 0 Å². The molecule has 1 atom stereocenters. The van der Waals surface area contributed by atoms with Crippen LogP contribution in [0.1, 0.15) is 38.5 Å². The van der Waals surface area contributed by atoms with Gasteiger partial charge in [-0.25, -0.2) is 0 Å². The minimum atomic E-state index is -0.898. The zero-order chi connectivity index (χ0) is 12.3. The van der Waals surface area contributed by atoms with Crippen LogP contribution in [0.15, 0.2) is 11.6 Å². The minimum Gasteiger partial charge on any atom is -0.481 e. The van der Waals surface area contributed by atoms with E-state index in [9.17, 15) is 9.59 Å². The van der Waals surface area contributed by atoms with E-state index in [0.717, 1.165) is 25.9 Å². The van der Waals surface area contributed by atoms with Crippen LogP contribution in [-0.2, 0) is 9.59 Å². The molecule has 0 bridgehead atoms. The van der Waals surface area contributed by atoms with Gasteiger partial charge in [-0.15, -0.1) is 0 Å². The highest BCUT2D eigenvalue weighted by Gasteiger charge is 2.27. The Morgan fingerprint density at radius 1 is 1.35 bits per heavy atom. The van der Waals surface area contributed by atoms with Crippen LogP contribution in [0.3, 0.4) is 0 Å². The van der Waals surface area contributed by atoms with E-state index < -0.39 is 5.97 Å². The van der Waals surface area contributed by atoms with E-state index in [4.69, 9.17) is 5.11 Å². The summed E-state index contributed by atoms with van der Waals surface area (Å²) >= 11 is 0. The molecule has 4 nitrogen and oxygen atoms in total. The van der Waals surface area contributed by atoms with Gasteiger partial charge in [-0.05, 0) is 31.6 Å². The third kappa shape index (κ3) is 3.08. The summed E-state index contributed by atoms with van der Waals surface area (Å²) in [4.78, 5) is 24.1. The Balaban J connectivity index is 1.88. The number of carboxylic acids is 1. The highest BCUT2D eigenvalue weighted by Crippen LogP contribution is 2.31. The second kappa shape index (κ2) is 5.34. The van der Waals surface area contributed by atoms with Crippen molar-refractivity contribution in [2.45, 2.75) is 38.5 Å². The summed E-state index contributed by atoms with van der Waals surface area (Å²) in [6, 6.07) is 0. The Hall–Kier alpha value is -1.32. The van der Waals surface area contributed by atoms with E-state index in [-0.39, 0.29) is 18.7 Å². The second-order valence-electron chi connectivity index (χ2n) is 4.90. The molecule has 0 aromatic rings. The normalized spacial score (nSPS) is 23.9. The number of likely N-dealkylation sites (tertiary alicyclic amines) is 1. The number of fused-ring (bicyclic) bond motifs is 1. The van der Waals surface area contributed by atoms with Crippen LogP contribution in [0, 0.1) is 5.92 Å². The lowest BCUT2D eigenvalue weighted by Crippen LogP contribution is -2.40. The molecule has 1 N–H and O–H groups in total. The fourth-order valence-corrected chi connectivity index (χ4v) is 2.72. The lowest BCUT2D eigenvalue weighted by atomic mass is 9.82. The number of carbonyl (C=O) groups is 2. The van der Waals surface area contributed by atoms with Crippen molar-refractivity contribution in [2.24, 2.45) is 5.92 Å². The summed E-state index contributed by atoms with van der Waals surface area (Å²) in [5.41, 5.74) is 1.39. The Morgan fingerprint density at radius 3 is 2.94 bits per heavy atom. The molecule has 1 fully saturated rings. The third-order valence-electron chi connectivity index (χ3n) is 3.71. The van der Waals surface area contributed by atoms with E-state index in [1.54, 1.807) is 0 Å². The van der Waals surface area contributed by atoms with Crippen LogP contribution in [0.4, 0.5) is 0 Å². The lowest BCUT2D eigenvalue weighted by molar-refractivity contribution is -0.141. The fourth-order valence-electron chi connectivity index (χ4n) is 2.72. The van der Waals surface area contributed by atoms with E-state index in [0.29, 0.717) is 5.92 Å². The topological polar surface area (TPSA) is 57.6 Å². The summed E-state index contributed by atoms with van der Waals surface area (Å²) in [6.45, 7) is 1.52. The number of allylic oxidation sites excluding steroid dienone is 1. The molecule has 4 heteroatoms. The highest BCUT2D eigenvalue weighted by molar-refractivity contribution is 5.81. The van der Waals surface area contributed by atoms with Crippen molar-refractivity contribution in [3.05, 3.63) is 11.6 Å². The maximum absolute atomic E-state index is 11.8. The Morgan fingerprint density at radius 2 is 2.18 bits per heavy atom. The molecule has 1 saturated heterocycles. The average molecular weight is 237 g/mol. The first-order chi connectivity index (χ1) is 8.16. The molecule has 0 radical (unpaired) electrons. The Bertz CT molecular complexity index is 349. The number of amides is 1. The molecule has 1 aliphatic carbocycles. The molecule has 1 aliphatic heterocycles. The largest absolute Gasteiger partial charge is 0.481 e. The molecule has 17 heavy (non-hydrogen) atoms. The van der Waals surface area contributed by atoms with Crippen LogP contribution < -0.4 is 0 Å². The second-order valence-corrected chi connectivity index (χ2v) is 4.90. The van der Waals surface area contributed by atoms with Gasteiger partial charge in [0.05, 0.1) is 6.42 Å². The molecule has 0 aromatic carbocycles. The maximum atomic E-state index is 11.8. The first-order valence-corrected chi connectivity index (χ1v) is 6.35. The standard InChI is InChI=1S/C13H19NO3/c15-12(5-6-13(16)17)14-8-7-10-3-1-2-4-11(10)9-14/h4,10H,1-3,5-9H2,(H,16,17). The Labute approximate surface area is 101 Å². The minimum absolute atomic E-state index is 0.0164. The van der Waals surface area contributed by atoms with Crippen molar-refractivity contribution in [1.82, 2.24) is 4.90 Å². The smallest absolute Gasteiger partial charge is 0.303 e. The van der Waals surface area contributed by atoms with Crippen molar-refractivity contribution < 1.29 is 14.7 Å². The van der Waals surface area contributed by atoms with Gasteiger partial charge in [-0.3, -0.25) is 9.59 Å². The number of rotatable bonds is 3. The number of piperidine rings is 1. The van der Waals surface area contributed by atoms with Crippen LogP contribution in [0.5, 0.6) is 0 Å². The van der Waals surface area contributed by atoms with Gasteiger partial charge in [-0.1, -0.05) is 11.6 Å². The van der Waals surface area contributed by atoms with Crippen molar-refractivity contribution in [3.63, 3.8) is 0 Å². The summed E-state index contributed by atoms with van der Waals surface area (Å²) in [5, 5.41) is 8.57. The summed E-state index contributed by atoms with van der Waals surface area (Å²) in [7, 11) is 0. The molecule has 1 unspecified atom stereocenters. The molecule has 2 aliphatic rings. The fraction of sp³-hybridized carbons (Fsp3) is 0.692. The monoisotopic (exact) mass is 237 g/mol. The van der Waals surface area contributed by atoms with E-state index in [2.05, 4.69) is 6.08 Å². The van der Waals surface area contributed by atoms with Gasteiger partial charge >= 0.3 is 5.97 Å². The number of aliphatic carboxylic acids is 1. The van der Waals surface area contributed by atoms with Crippen LogP contribution in [0.2, 0.25) is 0 Å². The molecule has 0 saturated carbocycles. The number of hydrogen-bond acceptors (Lipinski definition) is 2. The summed E-state index contributed by atoms with van der Waals surface area (Å²) in [6.07, 6.45) is 7.04. The van der Waals surface area contributed by atoms with Crippen molar-refractivity contribution in [2.75, 3.05) is 13.1 Å². The van der Waals surface area contributed by atoms with Gasteiger partial charge in [0, 0.05) is 19.5 Å². The van der Waals surface area contributed by atoms with E-state index >= 15 is 0 Å². The van der Waals surface area contributed by atoms with Crippen molar-refractivity contribution in [3.8, 4) is 0 Å². The summed E-state index contributed by atoms with van der Waals surface area (Å²) < 4.78 is 0. The van der Waals surface area contributed by atoms with Crippen molar-refractivity contribution in [1.29, 1.82) is 0 Å². The predicted molar refractivity (Wildman–Crippen MR) is 63.5 cm³/mol. The zero-order valence-corrected chi connectivity index (χ0v) is 10.0. The quantitative estimate of drug-likeness (QED) is 0.761. The zero-order valence-electron chi connectivity index (χ0n) is 10.0. The highest BCUT2D eigenvalue weighted by atomic mass is 16.4. The predicted octanol–water partition coefficient (Wildman–Crippen LogP) is 1.81. The first kappa shape index (κ1) is 12.1. The maximum Gasteiger partial charge on any atom is 0.303 e. The summed E-state index contributed by atoms with van der Waals surface area (Å²) in [5.74, 6) is -0.241. The molecule has 94 valence electrons. The van der Waals surface area contributed by atoms with Gasteiger partial charge in [0.2, 0.25) is 5.91 Å². The third-order valence-corrected chi connectivity index (χ3v) is 3.71. The molecule has 0 spiro atoms.